The minimum Gasteiger partial charge on any atom is -0.337 e. The van der Waals surface area contributed by atoms with Crippen molar-refractivity contribution in [2.24, 2.45) is 0 Å². The van der Waals surface area contributed by atoms with Crippen molar-refractivity contribution in [3.63, 3.8) is 0 Å². The van der Waals surface area contributed by atoms with Gasteiger partial charge in [0.05, 0.1) is 0 Å². The number of aromatic nitrogens is 4. The molecule has 0 saturated heterocycles. The Bertz CT molecular complexity index is 1160. The predicted octanol–water partition coefficient (Wildman–Crippen LogP) is 5.09. The second-order valence-electron chi connectivity index (χ2n) is 6.79. The van der Waals surface area contributed by atoms with E-state index in [9.17, 15) is 13.2 Å². The van der Waals surface area contributed by atoms with Crippen LogP contribution in [0.4, 0.5) is 13.2 Å². The maximum absolute atomic E-state index is 13.3. The lowest BCUT2D eigenvalue weighted by atomic mass is 9.95. The molecule has 0 amide bonds. The van der Waals surface area contributed by atoms with E-state index in [4.69, 9.17) is 4.52 Å². The van der Waals surface area contributed by atoms with Crippen molar-refractivity contribution >= 4 is 21.4 Å². The molecule has 0 atom stereocenters. The summed E-state index contributed by atoms with van der Waals surface area (Å²) in [5.74, 6) is 0.680. The second kappa shape index (κ2) is 6.44. The monoisotopic (exact) mass is 404 g/mol. The number of fused-ring (bicyclic) bond motifs is 2. The van der Waals surface area contributed by atoms with E-state index in [1.54, 1.807) is 11.3 Å². The SMILES string of the molecule is FC(F)(F)c1nn(Cc2nc(-c3csc4ccccc34)no2)c2c1CCCC2. The molecule has 5 rings (SSSR count). The topological polar surface area (TPSA) is 56.7 Å². The van der Waals surface area contributed by atoms with Crippen molar-refractivity contribution in [2.45, 2.75) is 38.4 Å². The van der Waals surface area contributed by atoms with Gasteiger partial charge in [-0.05, 0) is 31.7 Å². The van der Waals surface area contributed by atoms with E-state index >= 15 is 0 Å². The molecule has 0 aliphatic heterocycles. The Labute approximate surface area is 161 Å². The summed E-state index contributed by atoms with van der Waals surface area (Å²) in [6.07, 6.45) is -1.87. The predicted molar refractivity (Wildman–Crippen MR) is 98.1 cm³/mol. The van der Waals surface area contributed by atoms with E-state index < -0.39 is 11.9 Å². The highest BCUT2D eigenvalue weighted by molar-refractivity contribution is 7.17. The van der Waals surface area contributed by atoms with Crippen LogP contribution in [0.15, 0.2) is 34.2 Å². The summed E-state index contributed by atoms with van der Waals surface area (Å²) in [6.45, 7) is 0.0352. The third-order valence-corrected chi connectivity index (χ3v) is 5.96. The van der Waals surface area contributed by atoms with Gasteiger partial charge in [0.15, 0.2) is 5.69 Å². The Morgan fingerprint density at radius 1 is 1.14 bits per heavy atom. The molecule has 0 saturated carbocycles. The van der Waals surface area contributed by atoms with Gasteiger partial charge in [-0.3, -0.25) is 4.68 Å². The molecule has 5 nitrogen and oxygen atoms in total. The van der Waals surface area contributed by atoms with Gasteiger partial charge in [0, 0.05) is 32.3 Å². The summed E-state index contributed by atoms with van der Waals surface area (Å²) in [5, 5.41) is 10.9. The molecular formula is C19H15F3N4OS. The van der Waals surface area contributed by atoms with Crippen LogP contribution in [0.3, 0.4) is 0 Å². The fourth-order valence-electron chi connectivity index (χ4n) is 3.74. The summed E-state index contributed by atoms with van der Waals surface area (Å²) in [4.78, 5) is 4.41. The number of rotatable bonds is 3. The first-order valence-electron chi connectivity index (χ1n) is 8.95. The van der Waals surface area contributed by atoms with Crippen LogP contribution >= 0.6 is 11.3 Å². The first kappa shape index (κ1) is 17.4. The van der Waals surface area contributed by atoms with Gasteiger partial charge < -0.3 is 4.52 Å². The number of thiophene rings is 1. The number of benzene rings is 1. The zero-order chi connectivity index (χ0) is 19.3. The highest BCUT2D eigenvalue weighted by atomic mass is 32.1. The Morgan fingerprint density at radius 3 is 2.82 bits per heavy atom. The molecule has 0 N–H and O–H groups in total. The van der Waals surface area contributed by atoms with E-state index in [1.807, 2.05) is 29.6 Å². The van der Waals surface area contributed by atoms with Crippen molar-refractivity contribution in [3.8, 4) is 11.4 Å². The lowest BCUT2D eigenvalue weighted by molar-refractivity contribution is -0.142. The summed E-state index contributed by atoms with van der Waals surface area (Å²) in [6, 6.07) is 7.90. The standard InChI is InChI=1S/C19H15F3N4OS/c20-19(21,22)17-12-6-1-3-7-14(12)26(24-17)9-16-23-18(25-27-16)13-10-28-15-8-4-2-5-11(13)15/h2,4-5,8,10H,1,3,6-7,9H2. The van der Waals surface area contributed by atoms with Crippen LogP contribution in [0.5, 0.6) is 0 Å². The lowest BCUT2D eigenvalue weighted by Gasteiger charge is -2.14. The van der Waals surface area contributed by atoms with E-state index in [2.05, 4.69) is 15.2 Å². The fourth-order valence-corrected chi connectivity index (χ4v) is 4.68. The Kier molecular flexibility index (Phi) is 4.01. The Balaban J connectivity index is 1.49. The summed E-state index contributed by atoms with van der Waals surface area (Å²) < 4.78 is 47.8. The highest BCUT2D eigenvalue weighted by Crippen LogP contribution is 2.36. The number of hydrogen-bond acceptors (Lipinski definition) is 5. The molecule has 1 aliphatic carbocycles. The number of hydrogen-bond donors (Lipinski definition) is 0. The molecule has 9 heteroatoms. The molecule has 0 spiro atoms. The molecule has 0 bridgehead atoms. The van der Waals surface area contributed by atoms with E-state index in [1.165, 1.54) is 4.68 Å². The van der Waals surface area contributed by atoms with Crippen molar-refractivity contribution in [1.29, 1.82) is 0 Å². The van der Waals surface area contributed by atoms with E-state index in [-0.39, 0.29) is 12.4 Å². The molecule has 0 unspecified atom stereocenters. The molecule has 28 heavy (non-hydrogen) atoms. The molecule has 3 aromatic heterocycles. The van der Waals surface area contributed by atoms with E-state index in [0.717, 1.165) is 28.5 Å². The molecule has 3 heterocycles. The van der Waals surface area contributed by atoms with Gasteiger partial charge in [-0.1, -0.05) is 23.4 Å². The Hall–Kier alpha value is -2.68. The fraction of sp³-hybridized carbons (Fsp3) is 0.316. The first-order chi connectivity index (χ1) is 13.5. The molecule has 144 valence electrons. The zero-order valence-electron chi connectivity index (χ0n) is 14.7. The van der Waals surface area contributed by atoms with Crippen LogP contribution in [-0.2, 0) is 25.6 Å². The van der Waals surface area contributed by atoms with Gasteiger partial charge in [0.25, 0.3) is 0 Å². The van der Waals surface area contributed by atoms with E-state index in [0.29, 0.717) is 29.9 Å². The minimum atomic E-state index is -4.46. The van der Waals surface area contributed by atoms with Crippen LogP contribution in [0.2, 0.25) is 0 Å². The van der Waals surface area contributed by atoms with Crippen LogP contribution in [0.1, 0.15) is 35.7 Å². The van der Waals surface area contributed by atoms with Gasteiger partial charge in [-0.25, -0.2) is 0 Å². The number of alkyl halides is 3. The maximum atomic E-state index is 13.3. The summed E-state index contributed by atoms with van der Waals surface area (Å²) in [7, 11) is 0. The van der Waals surface area contributed by atoms with Crippen molar-refractivity contribution < 1.29 is 17.7 Å². The molecule has 4 aromatic rings. The third kappa shape index (κ3) is 2.90. The lowest BCUT2D eigenvalue weighted by Crippen LogP contribution is -2.11. The number of halogens is 3. The quantitative estimate of drug-likeness (QED) is 0.477. The number of nitrogens with zero attached hydrogens (tertiary/aromatic N) is 4. The highest BCUT2D eigenvalue weighted by Gasteiger charge is 2.39. The molecule has 1 aliphatic rings. The summed E-state index contributed by atoms with van der Waals surface area (Å²) in [5.41, 5.74) is 1.00. The average molecular weight is 404 g/mol. The van der Waals surface area contributed by atoms with Crippen molar-refractivity contribution in [2.75, 3.05) is 0 Å². The molecule has 1 aromatic carbocycles. The first-order valence-corrected chi connectivity index (χ1v) is 9.83. The molecule has 0 radical (unpaired) electrons. The molecular weight excluding hydrogens is 389 g/mol. The van der Waals surface area contributed by atoms with Crippen LogP contribution in [0, 0.1) is 0 Å². The normalized spacial score (nSPS) is 14.5. The zero-order valence-corrected chi connectivity index (χ0v) is 15.5. The van der Waals surface area contributed by atoms with Crippen molar-refractivity contribution in [3.05, 3.63) is 52.5 Å². The maximum Gasteiger partial charge on any atom is 0.435 e. The van der Waals surface area contributed by atoms with Crippen LogP contribution in [0.25, 0.3) is 21.5 Å². The third-order valence-electron chi connectivity index (χ3n) is 5.00. The average Bonchev–Trinajstić information content (AvgIpc) is 3.38. The largest absolute Gasteiger partial charge is 0.435 e. The van der Waals surface area contributed by atoms with Gasteiger partial charge in [0.1, 0.15) is 6.54 Å². The van der Waals surface area contributed by atoms with Gasteiger partial charge in [-0.15, -0.1) is 11.3 Å². The van der Waals surface area contributed by atoms with Gasteiger partial charge in [-0.2, -0.15) is 23.3 Å². The Morgan fingerprint density at radius 2 is 1.96 bits per heavy atom. The summed E-state index contributed by atoms with van der Waals surface area (Å²) >= 11 is 1.58. The van der Waals surface area contributed by atoms with Crippen molar-refractivity contribution in [1.82, 2.24) is 19.9 Å². The van der Waals surface area contributed by atoms with Gasteiger partial charge >= 0.3 is 6.18 Å². The smallest absolute Gasteiger partial charge is 0.337 e. The molecule has 0 fully saturated rings. The van der Waals surface area contributed by atoms with Crippen LogP contribution in [-0.4, -0.2) is 19.9 Å². The van der Waals surface area contributed by atoms with Gasteiger partial charge in [0.2, 0.25) is 11.7 Å². The second-order valence-corrected chi connectivity index (χ2v) is 7.70. The van der Waals surface area contributed by atoms with Crippen LogP contribution < -0.4 is 0 Å². The minimum absolute atomic E-state index is 0.0352.